The van der Waals surface area contributed by atoms with Gasteiger partial charge in [0, 0.05) is 23.7 Å². The molecule has 0 aliphatic heterocycles. The molecule has 0 fully saturated rings. The lowest BCUT2D eigenvalue weighted by Gasteiger charge is -2.27. The molecule has 0 radical (unpaired) electrons. The van der Waals surface area contributed by atoms with Crippen molar-refractivity contribution < 1.29 is 19.4 Å². The summed E-state index contributed by atoms with van der Waals surface area (Å²) in [7, 11) is 1.67. The molecule has 7 heteroatoms. The van der Waals surface area contributed by atoms with Crippen LogP contribution in [0.3, 0.4) is 0 Å². The first-order valence-electron chi connectivity index (χ1n) is 12.5. The van der Waals surface area contributed by atoms with Crippen LogP contribution in [-0.2, 0) is 11.3 Å². The minimum atomic E-state index is -1.13. The Morgan fingerprint density at radius 1 is 0.974 bits per heavy atom. The van der Waals surface area contributed by atoms with Crippen LogP contribution in [-0.4, -0.2) is 29.2 Å². The fourth-order valence-electron chi connectivity index (χ4n) is 4.45. The van der Waals surface area contributed by atoms with E-state index >= 15 is 0 Å². The van der Waals surface area contributed by atoms with E-state index in [0.717, 1.165) is 38.8 Å². The summed E-state index contributed by atoms with van der Waals surface area (Å²) in [6.45, 7) is 8.49. The predicted molar refractivity (Wildman–Crippen MR) is 152 cm³/mol. The van der Waals surface area contributed by atoms with E-state index in [1.165, 1.54) is 0 Å². The number of aromatic nitrogens is 1. The number of hydrogen-bond acceptors (Lipinski definition) is 4. The highest BCUT2D eigenvalue weighted by Gasteiger charge is 2.25. The number of carbonyl (C=O) groups excluding carboxylic acids is 1. The maximum Gasteiger partial charge on any atom is 0.409 e. The molecule has 0 atom stereocenters. The molecule has 0 aliphatic rings. The quantitative estimate of drug-likeness (QED) is 0.272. The molecule has 0 spiro atoms. The lowest BCUT2D eigenvalue weighted by molar-refractivity contribution is -0.120. The van der Waals surface area contributed by atoms with Crippen LogP contribution in [0.4, 0.5) is 16.3 Å². The number of methoxy groups -OCH3 is 1. The summed E-state index contributed by atoms with van der Waals surface area (Å²) in [6, 6.07) is 21.3. The van der Waals surface area contributed by atoms with Crippen molar-refractivity contribution in [3.05, 3.63) is 84.1 Å². The summed E-state index contributed by atoms with van der Waals surface area (Å²) in [5, 5.41) is 13.0. The SMILES string of the molecule is COc1ccc(-c2ccc(CN(C(=O)CC(C)(C)C)c3nccc4cc(NC(=O)O)ccc34)cc2)cc1C. The standard InChI is InChI=1S/C31H33N3O4/c1-20-16-23(10-13-27(20)38-5)22-8-6-21(7-9-22)19-34(28(35)18-31(2,3)4)29-26-12-11-25(33-30(36)37)17-24(26)14-15-32-29/h6-17,33H,18-19H2,1-5H3,(H,36,37). The fraction of sp³-hybridized carbons (Fsp3) is 0.258. The average Bonchev–Trinajstić information content (AvgIpc) is 2.86. The Balaban J connectivity index is 1.68. The number of pyridine rings is 1. The van der Waals surface area contributed by atoms with E-state index in [1.54, 1.807) is 36.4 Å². The first-order valence-corrected chi connectivity index (χ1v) is 12.5. The van der Waals surface area contributed by atoms with Crippen molar-refractivity contribution in [2.75, 3.05) is 17.3 Å². The van der Waals surface area contributed by atoms with Gasteiger partial charge in [-0.05, 0) is 76.4 Å². The second kappa shape index (κ2) is 10.9. The number of fused-ring (bicyclic) bond motifs is 1. The van der Waals surface area contributed by atoms with Crippen molar-refractivity contribution in [3.8, 4) is 16.9 Å². The van der Waals surface area contributed by atoms with Crippen LogP contribution in [0.1, 0.15) is 38.3 Å². The lowest BCUT2D eigenvalue weighted by atomic mass is 9.91. The largest absolute Gasteiger partial charge is 0.496 e. The van der Waals surface area contributed by atoms with Gasteiger partial charge in [0.2, 0.25) is 5.91 Å². The van der Waals surface area contributed by atoms with Gasteiger partial charge >= 0.3 is 6.09 Å². The van der Waals surface area contributed by atoms with Crippen molar-refractivity contribution in [1.29, 1.82) is 0 Å². The molecule has 4 aromatic rings. The molecule has 0 bridgehead atoms. The normalized spacial score (nSPS) is 11.3. The monoisotopic (exact) mass is 511 g/mol. The zero-order valence-electron chi connectivity index (χ0n) is 22.4. The van der Waals surface area contributed by atoms with Gasteiger partial charge < -0.3 is 9.84 Å². The lowest BCUT2D eigenvalue weighted by Crippen LogP contribution is -2.34. The molecule has 2 N–H and O–H groups in total. The van der Waals surface area contributed by atoms with Crippen molar-refractivity contribution in [3.63, 3.8) is 0 Å². The summed E-state index contributed by atoms with van der Waals surface area (Å²) in [5.74, 6) is 1.38. The van der Waals surface area contributed by atoms with E-state index in [-0.39, 0.29) is 11.3 Å². The molecular weight excluding hydrogens is 478 g/mol. The number of nitrogens with one attached hydrogen (secondary N) is 1. The maximum atomic E-state index is 13.6. The van der Waals surface area contributed by atoms with Crippen molar-refractivity contribution >= 4 is 34.3 Å². The second-order valence-corrected chi connectivity index (χ2v) is 10.6. The molecule has 38 heavy (non-hydrogen) atoms. The molecule has 7 nitrogen and oxygen atoms in total. The van der Waals surface area contributed by atoms with E-state index in [1.807, 2.05) is 58.0 Å². The maximum absolute atomic E-state index is 13.6. The number of nitrogens with zero attached hydrogens (tertiary/aromatic N) is 2. The van der Waals surface area contributed by atoms with Gasteiger partial charge in [-0.25, -0.2) is 9.78 Å². The summed E-state index contributed by atoms with van der Waals surface area (Å²) < 4.78 is 5.38. The number of anilines is 2. The number of rotatable bonds is 7. The topological polar surface area (TPSA) is 91.8 Å². The number of hydrogen-bond donors (Lipinski definition) is 2. The van der Waals surface area contributed by atoms with Gasteiger partial charge in [0.25, 0.3) is 0 Å². The smallest absolute Gasteiger partial charge is 0.409 e. The molecule has 196 valence electrons. The Morgan fingerprint density at radius 3 is 2.32 bits per heavy atom. The van der Waals surface area contributed by atoms with Gasteiger partial charge in [-0.2, -0.15) is 0 Å². The number of aryl methyl sites for hydroxylation is 1. The number of amides is 2. The molecule has 1 aromatic heterocycles. The third-order valence-electron chi connectivity index (χ3n) is 6.26. The Bertz CT molecular complexity index is 1470. The molecular formula is C31H33N3O4. The molecule has 0 saturated carbocycles. The zero-order chi connectivity index (χ0) is 27.4. The van der Waals surface area contributed by atoms with Gasteiger partial charge in [-0.15, -0.1) is 0 Å². The summed E-state index contributed by atoms with van der Waals surface area (Å²) >= 11 is 0. The average molecular weight is 512 g/mol. The van der Waals surface area contributed by atoms with Gasteiger partial charge in [0.15, 0.2) is 0 Å². The van der Waals surface area contributed by atoms with E-state index < -0.39 is 6.09 Å². The Kier molecular flexibility index (Phi) is 7.67. The highest BCUT2D eigenvalue weighted by molar-refractivity contribution is 6.03. The minimum Gasteiger partial charge on any atom is -0.496 e. The molecule has 0 saturated heterocycles. The number of carbonyl (C=O) groups is 2. The minimum absolute atomic E-state index is 0.0277. The highest BCUT2D eigenvalue weighted by atomic mass is 16.5. The Hall–Kier alpha value is -4.39. The van der Waals surface area contributed by atoms with Gasteiger partial charge in [0.1, 0.15) is 11.6 Å². The van der Waals surface area contributed by atoms with Crippen LogP contribution in [0.25, 0.3) is 21.9 Å². The first kappa shape index (κ1) is 26.7. The summed E-state index contributed by atoms with van der Waals surface area (Å²) in [4.78, 5) is 31.0. The fourth-order valence-corrected chi connectivity index (χ4v) is 4.45. The third kappa shape index (κ3) is 6.29. The van der Waals surface area contributed by atoms with Crippen LogP contribution >= 0.6 is 0 Å². The van der Waals surface area contributed by atoms with Crippen molar-refractivity contribution in [2.45, 2.75) is 40.7 Å². The second-order valence-electron chi connectivity index (χ2n) is 10.6. The number of ether oxygens (including phenoxy) is 1. The molecule has 1 heterocycles. The van der Waals surface area contributed by atoms with Gasteiger partial charge in [0.05, 0.1) is 13.7 Å². The predicted octanol–water partition coefficient (Wildman–Crippen LogP) is 7.28. The molecule has 0 aliphatic carbocycles. The van der Waals surface area contributed by atoms with Crippen LogP contribution in [0, 0.1) is 12.3 Å². The van der Waals surface area contributed by atoms with Gasteiger partial charge in [-0.1, -0.05) is 51.1 Å². The van der Waals surface area contributed by atoms with E-state index in [4.69, 9.17) is 9.84 Å². The third-order valence-corrected chi connectivity index (χ3v) is 6.26. The van der Waals surface area contributed by atoms with Crippen molar-refractivity contribution in [2.24, 2.45) is 5.41 Å². The van der Waals surface area contributed by atoms with E-state index in [9.17, 15) is 9.59 Å². The van der Waals surface area contributed by atoms with Crippen molar-refractivity contribution in [1.82, 2.24) is 4.98 Å². The highest BCUT2D eigenvalue weighted by Crippen LogP contribution is 2.31. The van der Waals surface area contributed by atoms with Crippen LogP contribution < -0.4 is 15.0 Å². The summed E-state index contributed by atoms with van der Waals surface area (Å²) in [5.41, 5.74) is 4.47. The number of benzene rings is 3. The molecule has 0 unspecified atom stereocenters. The Morgan fingerprint density at radius 2 is 1.68 bits per heavy atom. The Labute approximate surface area is 223 Å². The summed E-state index contributed by atoms with van der Waals surface area (Å²) in [6.07, 6.45) is 0.871. The van der Waals surface area contributed by atoms with E-state index in [0.29, 0.717) is 24.5 Å². The molecule has 2 amide bonds. The molecule has 4 rings (SSSR count). The number of carboxylic acid groups (broad SMARTS) is 1. The van der Waals surface area contributed by atoms with Crippen LogP contribution in [0.5, 0.6) is 5.75 Å². The van der Waals surface area contributed by atoms with Gasteiger partial charge in [-0.3, -0.25) is 15.0 Å². The first-order chi connectivity index (χ1) is 18.0. The van der Waals surface area contributed by atoms with Crippen LogP contribution in [0.2, 0.25) is 0 Å². The molecule has 3 aromatic carbocycles. The van der Waals surface area contributed by atoms with Crippen LogP contribution in [0.15, 0.2) is 72.9 Å². The van der Waals surface area contributed by atoms with E-state index in [2.05, 4.69) is 28.5 Å². The zero-order valence-corrected chi connectivity index (χ0v) is 22.4.